The van der Waals surface area contributed by atoms with Crippen molar-refractivity contribution in [2.45, 2.75) is 25.2 Å². The smallest absolute Gasteiger partial charge is 0.118 e. The van der Waals surface area contributed by atoms with Gasteiger partial charge in [-0.25, -0.2) is 0 Å². The highest BCUT2D eigenvalue weighted by molar-refractivity contribution is 5.44. The van der Waals surface area contributed by atoms with Gasteiger partial charge in [0.15, 0.2) is 0 Å². The number of aryl methyl sites for hydroxylation is 1. The Bertz CT molecular complexity index is 556. The van der Waals surface area contributed by atoms with E-state index in [2.05, 4.69) is 30.1 Å². The van der Waals surface area contributed by atoms with Gasteiger partial charge >= 0.3 is 0 Å². The average Bonchev–Trinajstić information content (AvgIpc) is 3.20. The highest BCUT2D eigenvalue weighted by atomic mass is 16.5. The summed E-state index contributed by atoms with van der Waals surface area (Å²) in [7, 11) is 1.70. The Kier molecular flexibility index (Phi) is 2.58. The van der Waals surface area contributed by atoms with E-state index < -0.39 is 0 Å². The first-order valence-corrected chi connectivity index (χ1v) is 6.32. The van der Waals surface area contributed by atoms with E-state index in [1.807, 2.05) is 24.4 Å². The highest BCUT2D eigenvalue weighted by Crippen LogP contribution is 2.52. The summed E-state index contributed by atoms with van der Waals surface area (Å²) in [6.07, 6.45) is 4.29. The third kappa shape index (κ3) is 1.78. The number of methoxy groups -OCH3 is 1. The Morgan fingerprint density at radius 2 is 1.83 bits per heavy atom. The van der Waals surface area contributed by atoms with Gasteiger partial charge in [0.1, 0.15) is 5.75 Å². The van der Waals surface area contributed by atoms with Crippen LogP contribution in [0.3, 0.4) is 0 Å². The molecule has 0 saturated heterocycles. The molecule has 1 aromatic carbocycles. The Balaban J connectivity index is 1.99. The van der Waals surface area contributed by atoms with Crippen LogP contribution in [0.2, 0.25) is 0 Å². The zero-order valence-electron chi connectivity index (χ0n) is 10.8. The van der Waals surface area contributed by atoms with Crippen molar-refractivity contribution < 1.29 is 4.74 Å². The SMILES string of the molecule is COc1ccc(C2(c3cc(C)ccn3)CC2)cc1. The third-order valence-electron chi connectivity index (χ3n) is 3.80. The summed E-state index contributed by atoms with van der Waals surface area (Å²) in [5, 5.41) is 0. The highest BCUT2D eigenvalue weighted by Gasteiger charge is 2.47. The maximum atomic E-state index is 5.21. The number of pyridine rings is 1. The average molecular weight is 239 g/mol. The van der Waals surface area contributed by atoms with E-state index in [4.69, 9.17) is 4.74 Å². The second-order valence-electron chi connectivity index (χ2n) is 5.03. The van der Waals surface area contributed by atoms with Crippen molar-refractivity contribution >= 4 is 0 Å². The van der Waals surface area contributed by atoms with E-state index in [1.54, 1.807) is 7.11 Å². The van der Waals surface area contributed by atoms with Gasteiger partial charge in [0.05, 0.1) is 12.8 Å². The molecule has 1 aromatic heterocycles. The number of hydrogen-bond donors (Lipinski definition) is 0. The van der Waals surface area contributed by atoms with E-state index in [0.717, 1.165) is 5.75 Å². The molecule has 0 N–H and O–H groups in total. The molecule has 2 aromatic rings. The second kappa shape index (κ2) is 4.13. The lowest BCUT2D eigenvalue weighted by atomic mass is 9.91. The van der Waals surface area contributed by atoms with Crippen molar-refractivity contribution in [2.24, 2.45) is 0 Å². The van der Waals surface area contributed by atoms with Crippen molar-refractivity contribution in [2.75, 3.05) is 7.11 Å². The van der Waals surface area contributed by atoms with Crippen LogP contribution in [-0.2, 0) is 5.41 Å². The standard InChI is InChI=1S/C16H17NO/c1-12-7-10-17-15(11-12)16(8-9-16)13-3-5-14(18-2)6-4-13/h3-7,10-11H,8-9H2,1-2H3. The number of nitrogens with zero attached hydrogens (tertiary/aromatic N) is 1. The Morgan fingerprint density at radius 1 is 1.11 bits per heavy atom. The summed E-state index contributed by atoms with van der Waals surface area (Å²) in [5.74, 6) is 0.909. The zero-order chi connectivity index (χ0) is 12.6. The van der Waals surface area contributed by atoms with Crippen molar-refractivity contribution in [3.05, 3.63) is 59.4 Å². The molecular formula is C16H17NO. The van der Waals surface area contributed by atoms with Crippen LogP contribution in [0.5, 0.6) is 5.75 Å². The summed E-state index contributed by atoms with van der Waals surface area (Å²) in [6, 6.07) is 12.6. The maximum Gasteiger partial charge on any atom is 0.118 e. The molecule has 0 amide bonds. The summed E-state index contributed by atoms with van der Waals surface area (Å²) in [5.41, 5.74) is 3.98. The zero-order valence-corrected chi connectivity index (χ0v) is 10.8. The molecule has 0 aliphatic heterocycles. The van der Waals surface area contributed by atoms with Crippen molar-refractivity contribution in [1.29, 1.82) is 0 Å². The minimum Gasteiger partial charge on any atom is -0.497 e. The summed E-state index contributed by atoms with van der Waals surface area (Å²) < 4.78 is 5.21. The molecule has 1 aliphatic rings. The third-order valence-corrected chi connectivity index (χ3v) is 3.80. The van der Waals surface area contributed by atoms with Gasteiger partial charge in [0.2, 0.25) is 0 Å². The predicted octanol–water partition coefficient (Wildman–Crippen LogP) is 3.48. The second-order valence-corrected chi connectivity index (χ2v) is 5.03. The summed E-state index contributed by atoms with van der Waals surface area (Å²) in [4.78, 5) is 4.56. The maximum absolute atomic E-state index is 5.21. The van der Waals surface area contributed by atoms with Gasteiger partial charge in [-0.05, 0) is 55.2 Å². The molecular weight excluding hydrogens is 222 g/mol. The van der Waals surface area contributed by atoms with Gasteiger partial charge < -0.3 is 4.74 Å². The van der Waals surface area contributed by atoms with Gasteiger partial charge in [-0.2, -0.15) is 0 Å². The molecule has 1 saturated carbocycles. The van der Waals surface area contributed by atoms with Crippen molar-refractivity contribution in [3.8, 4) is 5.75 Å². The Labute approximate surface area is 108 Å². The van der Waals surface area contributed by atoms with E-state index in [9.17, 15) is 0 Å². The molecule has 1 heterocycles. The molecule has 2 heteroatoms. The first-order chi connectivity index (χ1) is 8.74. The van der Waals surface area contributed by atoms with Gasteiger partial charge in [0.25, 0.3) is 0 Å². The Morgan fingerprint density at radius 3 is 2.39 bits per heavy atom. The molecule has 0 unspecified atom stereocenters. The lowest BCUT2D eigenvalue weighted by molar-refractivity contribution is 0.414. The van der Waals surface area contributed by atoms with Crippen LogP contribution in [0.25, 0.3) is 0 Å². The molecule has 0 atom stereocenters. The topological polar surface area (TPSA) is 22.1 Å². The number of benzene rings is 1. The van der Waals surface area contributed by atoms with Crippen LogP contribution >= 0.6 is 0 Å². The number of ether oxygens (including phenoxy) is 1. The molecule has 1 fully saturated rings. The van der Waals surface area contributed by atoms with Crippen LogP contribution in [-0.4, -0.2) is 12.1 Å². The number of aromatic nitrogens is 1. The molecule has 92 valence electrons. The molecule has 2 nitrogen and oxygen atoms in total. The predicted molar refractivity (Wildman–Crippen MR) is 72.0 cm³/mol. The largest absolute Gasteiger partial charge is 0.497 e. The quantitative estimate of drug-likeness (QED) is 0.818. The van der Waals surface area contributed by atoms with Crippen molar-refractivity contribution in [3.63, 3.8) is 0 Å². The van der Waals surface area contributed by atoms with Gasteiger partial charge in [-0.3, -0.25) is 4.98 Å². The fourth-order valence-corrected chi connectivity index (χ4v) is 2.53. The minimum absolute atomic E-state index is 0.151. The van der Waals surface area contributed by atoms with Gasteiger partial charge in [-0.15, -0.1) is 0 Å². The Hall–Kier alpha value is -1.83. The molecule has 3 rings (SSSR count). The van der Waals surface area contributed by atoms with Crippen LogP contribution in [0.15, 0.2) is 42.6 Å². The first-order valence-electron chi connectivity index (χ1n) is 6.32. The summed E-state index contributed by atoms with van der Waals surface area (Å²) in [6.45, 7) is 2.12. The monoisotopic (exact) mass is 239 g/mol. The van der Waals surface area contributed by atoms with Crippen LogP contribution in [0.1, 0.15) is 29.7 Å². The number of rotatable bonds is 3. The van der Waals surface area contributed by atoms with Gasteiger partial charge in [0, 0.05) is 11.6 Å². The fourth-order valence-electron chi connectivity index (χ4n) is 2.53. The molecule has 0 spiro atoms. The van der Waals surface area contributed by atoms with E-state index in [1.165, 1.54) is 29.7 Å². The van der Waals surface area contributed by atoms with Crippen LogP contribution in [0.4, 0.5) is 0 Å². The first kappa shape index (κ1) is 11.3. The lowest BCUT2D eigenvalue weighted by Gasteiger charge is -2.16. The normalized spacial score (nSPS) is 16.3. The molecule has 1 aliphatic carbocycles. The summed E-state index contributed by atoms with van der Waals surface area (Å²) >= 11 is 0. The minimum atomic E-state index is 0.151. The van der Waals surface area contributed by atoms with Crippen LogP contribution < -0.4 is 4.74 Å². The van der Waals surface area contributed by atoms with E-state index >= 15 is 0 Å². The lowest BCUT2D eigenvalue weighted by Crippen LogP contribution is -2.10. The fraction of sp³-hybridized carbons (Fsp3) is 0.312. The van der Waals surface area contributed by atoms with Crippen LogP contribution in [0, 0.1) is 6.92 Å². The van der Waals surface area contributed by atoms with E-state index in [-0.39, 0.29) is 5.41 Å². The number of hydrogen-bond acceptors (Lipinski definition) is 2. The van der Waals surface area contributed by atoms with E-state index in [0.29, 0.717) is 0 Å². The molecule has 18 heavy (non-hydrogen) atoms. The van der Waals surface area contributed by atoms with Crippen molar-refractivity contribution in [1.82, 2.24) is 4.98 Å². The molecule has 0 radical (unpaired) electrons. The molecule has 0 bridgehead atoms. The van der Waals surface area contributed by atoms with Gasteiger partial charge in [-0.1, -0.05) is 12.1 Å².